The lowest BCUT2D eigenvalue weighted by atomic mass is 9.91. The predicted molar refractivity (Wildman–Crippen MR) is 96.0 cm³/mol. The van der Waals surface area contributed by atoms with Crippen LogP contribution in [0, 0.1) is 11.8 Å². The number of hydrogen-bond donors (Lipinski definition) is 0. The van der Waals surface area contributed by atoms with Crippen LogP contribution >= 0.6 is 0 Å². The molecule has 6 nitrogen and oxygen atoms in total. The van der Waals surface area contributed by atoms with Gasteiger partial charge in [0.05, 0.1) is 30.1 Å². The minimum atomic E-state index is 0.0837. The predicted octanol–water partition coefficient (Wildman–Crippen LogP) is 1.75. The number of likely N-dealkylation sites (tertiary alicyclic amines) is 1. The number of hydrogen-bond acceptors (Lipinski definition) is 5. The summed E-state index contributed by atoms with van der Waals surface area (Å²) in [6.45, 7) is 3.96. The maximum atomic E-state index is 12.6. The van der Waals surface area contributed by atoms with Crippen LogP contribution in [0.1, 0.15) is 37.1 Å². The molecule has 0 radical (unpaired) electrons. The Morgan fingerprint density at radius 2 is 1.92 bits per heavy atom. The monoisotopic (exact) mass is 346 g/mol. The molecular formula is C19H30N4O2. The fraction of sp³-hybridized carbons (Fsp3) is 0.737. The van der Waals surface area contributed by atoms with E-state index in [2.05, 4.69) is 14.9 Å². The zero-order valence-corrected chi connectivity index (χ0v) is 15.5. The maximum Gasteiger partial charge on any atom is 0.228 e. The van der Waals surface area contributed by atoms with Crippen LogP contribution in [0.4, 0.5) is 0 Å². The van der Waals surface area contributed by atoms with Crippen molar-refractivity contribution >= 4 is 5.91 Å². The Bertz CT molecular complexity index is 547. The van der Waals surface area contributed by atoms with Crippen LogP contribution in [-0.2, 0) is 22.5 Å². The molecule has 0 aromatic carbocycles. The maximum absolute atomic E-state index is 12.6. The van der Waals surface area contributed by atoms with Crippen LogP contribution in [0.3, 0.4) is 0 Å². The smallest absolute Gasteiger partial charge is 0.228 e. The molecular weight excluding hydrogens is 316 g/mol. The average molecular weight is 346 g/mol. The van der Waals surface area contributed by atoms with E-state index in [0.717, 1.165) is 69.7 Å². The summed E-state index contributed by atoms with van der Waals surface area (Å²) in [5, 5.41) is 0. The van der Waals surface area contributed by atoms with Gasteiger partial charge in [0.25, 0.3) is 0 Å². The lowest BCUT2D eigenvalue weighted by molar-refractivity contribution is -0.141. The largest absolute Gasteiger partial charge is 0.381 e. The molecule has 1 aromatic rings. The number of carbonyl (C=O) groups is 1. The van der Waals surface area contributed by atoms with Crippen LogP contribution < -0.4 is 0 Å². The van der Waals surface area contributed by atoms with E-state index in [4.69, 9.17) is 4.74 Å². The lowest BCUT2D eigenvalue weighted by Crippen LogP contribution is -2.44. The van der Waals surface area contributed by atoms with Gasteiger partial charge in [0.1, 0.15) is 0 Å². The third-order valence-corrected chi connectivity index (χ3v) is 5.17. The summed E-state index contributed by atoms with van der Waals surface area (Å²) in [6.07, 6.45) is 8.86. The summed E-state index contributed by atoms with van der Waals surface area (Å²) in [4.78, 5) is 25.8. The molecule has 1 unspecified atom stereocenters. The Balaban J connectivity index is 1.45. The second-order valence-electron chi connectivity index (χ2n) is 7.62. The normalized spacial score (nSPS) is 22.4. The second-order valence-corrected chi connectivity index (χ2v) is 7.62. The highest BCUT2D eigenvalue weighted by atomic mass is 16.5. The van der Waals surface area contributed by atoms with Gasteiger partial charge in [-0.1, -0.05) is 0 Å². The number of rotatable bonds is 5. The minimum absolute atomic E-state index is 0.0837. The van der Waals surface area contributed by atoms with Crippen molar-refractivity contribution in [2.75, 3.05) is 40.4 Å². The van der Waals surface area contributed by atoms with Gasteiger partial charge in [0.15, 0.2) is 0 Å². The van der Waals surface area contributed by atoms with Crippen LogP contribution in [0.15, 0.2) is 12.4 Å². The zero-order valence-electron chi connectivity index (χ0n) is 15.5. The fourth-order valence-electron chi connectivity index (χ4n) is 3.74. The van der Waals surface area contributed by atoms with Crippen LogP contribution in [0.25, 0.3) is 0 Å². The fourth-order valence-corrected chi connectivity index (χ4v) is 3.74. The average Bonchev–Trinajstić information content (AvgIpc) is 2.64. The summed E-state index contributed by atoms with van der Waals surface area (Å²) >= 11 is 0. The van der Waals surface area contributed by atoms with Gasteiger partial charge in [-0.2, -0.15) is 0 Å². The molecule has 1 aromatic heterocycles. The summed E-state index contributed by atoms with van der Waals surface area (Å²) in [5.74, 6) is 0.979. The van der Waals surface area contributed by atoms with Gasteiger partial charge in [-0.15, -0.1) is 0 Å². The summed E-state index contributed by atoms with van der Waals surface area (Å²) < 4.78 is 5.46. The van der Waals surface area contributed by atoms with Gasteiger partial charge >= 0.3 is 0 Å². The Labute approximate surface area is 150 Å². The SMILES string of the molecule is CN(C)Cc1cnc(CC2CCN(C(=O)C3CCCOC3)CC2)cn1. The zero-order chi connectivity index (χ0) is 17.6. The molecule has 2 saturated heterocycles. The first-order valence-electron chi connectivity index (χ1n) is 9.43. The number of nitrogens with zero attached hydrogens (tertiary/aromatic N) is 4. The molecule has 3 rings (SSSR count). The molecule has 3 heterocycles. The van der Waals surface area contributed by atoms with E-state index in [1.165, 1.54) is 0 Å². The Morgan fingerprint density at radius 1 is 1.20 bits per heavy atom. The van der Waals surface area contributed by atoms with Crippen molar-refractivity contribution in [3.05, 3.63) is 23.8 Å². The van der Waals surface area contributed by atoms with Crippen molar-refractivity contribution in [3.8, 4) is 0 Å². The van der Waals surface area contributed by atoms with E-state index in [-0.39, 0.29) is 5.92 Å². The number of ether oxygens (including phenoxy) is 1. The first-order chi connectivity index (χ1) is 12.1. The van der Waals surface area contributed by atoms with E-state index in [9.17, 15) is 4.79 Å². The quantitative estimate of drug-likeness (QED) is 0.813. The van der Waals surface area contributed by atoms with Gasteiger partial charge in [0, 0.05) is 32.4 Å². The molecule has 0 aliphatic carbocycles. The van der Waals surface area contributed by atoms with E-state index in [1.807, 2.05) is 31.4 Å². The van der Waals surface area contributed by atoms with E-state index in [1.54, 1.807) is 0 Å². The molecule has 1 atom stereocenters. The van der Waals surface area contributed by atoms with E-state index < -0.39 is 0 Å². The van der Waals surface area contributed by atoms with E-state index in [0.29, 0.717) is 18.4 Å². The molecule has 0 spiro atoms. The highest BCUT2D eigenvalue weighted by molar-refractivity contribution is 5.79. The van der Waals surface area contributed by atoms with Gasteiger partial charge in [-0.05, 0) is 52.1 Å². The molecule has 2 fully saturated rings. The lowest BCUT2D eigenvalue weighted by Gasteiger charge is -2.35. The van der Waals surface area contributed by atoms with Gasteiger partial charge in [-0.3, -0.25) is 14.8 Å². The Morgan fingerprint density at radius 3 is 2.52 bits per heavy atom. The van der Waals surface area contributed by atoms with Gasteiger partial charge in [-0.25, -0.2) is 0 Å². The van der Waals surface area contributed by atoms with Crippen molar-refractivity contribution in [3.63, 3.8) is 0 Å². The van der Waals surface area contributed by atoms with Gasteiger partial charge < -0.3 is 14.5 Å². The highest BCUT2D eigenvalue weighted by Crippen LogP contribution is 2.24. The topological polar surface area (TPSA) is 58.6 Å². The highest BCUT2D eigenvalue weighted by Gasteiger charge is 2.29. The number of amides is 1. The molecule has 0 saturated carbocycles. The summed E-state index contributed by atoms with van der Waals surface area (Å²) in [5.41, 5.74) is 2.07. The van der Waals surface area contributed by atoms with Crippen molar-refractivity contribution in [2.45, 2.75) is 38.6 Å². The third-order valence-electron chi connectivity index (χ3n) is 5.17. The number of carbonyl (C=O) groups excluding carboxylic acids is 1. The molecule has 138 valence electrons. The molecule has 0 N–H and O–H groups in total. The van der Waals surface area contributed by atoms with Crippen LogP contribution in [0.2, 0.25) is 0 Å². The summed E-state index contributed by atoms with van der Waals surface area (Å²) in [6, 6.07) is 0. The number of piperidine rings is 1. The van der Waals surface area contributed by atoms with Crippen molar-refractivity contribution in [1.82, 2.24) is 19.8 Å². The Hall–Kier alpha value is -1.53. The van der Waals surface area contributed by atoms with Gasteiger partial charge in [0.2, 0.25) is 5.91 Å². The second kappa shape index (κ2) is 8.72. The van der Waals surface area contributed by atoms with Crippen LogP contribution in [-0.4, -0.2) is 66.1 Å². The molecule has 2 aliphatic rings. The third kappa shape index (κ3) is 5.22. The first-order valence-corrected chi connectivity index (χ1v) is 9.43. The first kappa shape index (κ1) is 18.3. The molecule has 1 amide bonds. The molecule has 25 heavy (non-hydrogen) atoms. The molecule has 2 aliphatic heterocycles. The van der Waals surface area contributed by atoms with Crippen LogP contribution in [0.5, 0.6) is 0 Å². The standard InChI is InChI=1S/C19H30N4O2/c1-22(2)13-18-12-20-17(11-21-18)10-15-5-7-23(8-6-15)19(24)16-4-3-9-25-14-16/h11-12,15-16H,3-10,13-14H2,1-2H3. The van der Waals surface area contributed by atoms with Crippen molar-refractivity contribution < 1.29 is 9.53 Å². The summed E-state index contributed by atoms with van der Waals surface area (Å²) in [7, 11) is 4.06. The Kier molecular flexibility index (Phi) is 6.37. The molecule has 6 heteroatoms. The molecule has 0 bridgehead atoms. The minimum Gasteiger partial charge on any atom is -0.381 e. The van der Waals surface area contributed by atoms with E-state index >= 15 is 0 Å². The van der Waals surface area contributed by atoms with Crippen molar-refractivity contribution in [1.29, 1.82) is 0 Å². The number of aromatic nitrogens is 2. The van der Waals surface area contributed by atoms with Crippen molar-refractivity contribution in [2.24, 2.45) is 11.8 Å².